The Hall–Kier alpha value is -2.33. The lowest BCUT2D eigenvalue weighted by Gasteiger charge is -2.30. The van der Waals surface area contributed by atoms with Gasteiger partial charge in [0.1, 0.15) is 11.4 Å². The van der Waals surface area contributed by atoms with Gasteiger partial charge in [-0.2, -0.15) is 0 Å². The standard InChI is InChI=1S/C21H25N3O/c1-16-3-2-11-23(13-16)12-10-19-15-24-14-18(6-9-21(24)22-19)17-4-7-20(25)8-5-17/h4-9,14-16,25H,2-3,10-13H2,1H3. The minimum atomic E-state index is 0.293. The van der Waals surface area contributed by atoms with Gasteiger partial charge in [0.05, 0.1) is 5.69 Å². The van der Waals surface area contributed by atoms with Crippen molar-refractivity contribution >= 4 is 5.65 Å². The van der Waals surface area contributed by atoms with Crippen LogP contribution >= 0.6 is 0 Å². The zero-order valence-electron chi connectivity index (χ0n) is 14.7. The monoisotopic (exact) mass is 335 g/mol. The van der Waals surface area contributed by atoms with E-state index in [0.717, 1.165) is 41.4 Å². The molecule has 130 valence electrons. The van der Waals surface area contributed by atoms with Crippen LogP contribution in [0.2, 0.25) is 0 Å². The first-order valence-corrected chi connectivity index (χ1v) is 9.17. The third-order valence-electron chi connectivity index (χ3n) is 5.13. The largest absolute Gasteiger partial charge is 0.508 e. The zero-order chi connectivity index (χ0) is 17.2. The lowest BCUT2D eigenvalue weighted by atomic mass is 10.0. The summed E-state index contributed by atoms with van der Waals surface area (Å²) in [4.78, 5) is 7.33. The van der Waals surface area contributed by atoms with Gasteiger partial charge in [0, 0.05) is 31.9 Å². The molecule has 0 spiro atoms. The molecule has 4 heteroatoms. The maximum Gasteiger partial charge on any atom is 0.137 e. The number of rotatable bonds is 4. The number of phenols is 1. The van der Waals surface area contributed by atoms with Gasteiger partial charge < -0.3 is 14.4 Å². The fraction of sp³-hybridized carbons (Fsp3) is 0.381. The number of aromatic nitrogens is 2. The van der Waals surface area contributed by atoms with Crippen LogP contribution < -0.4 is 0 Å². The van der Waals surface area contributed by atoms with Crippen LogP contribution in [0.1, 0.15) is 25.5 Å². The van der Waals surface area contributed by atoms with Crippen molar-refractivity contribution < 1.29 is 5.11 Å². The molecule has 3 aromatic rings. The highest BCUT2D eigenvalue weighted by Gasteiger charge is 2.16. The van der Waals surface area contributed by atoms with E-state index in [0.29, 0.717) is 5.75 Å². The lowest BCUT2D eigenvalue weighted by Crippen LogP contribution is -2.35. The first-order valence-electron chi connectivity index (χ1n) is 9.17. The van der Waals surface area contributed by atoms with Gasteiger partial charge >= 0.3 is 0 Å². The molecule has 1 fully saturated rings. The van der Waals surface area contributed by atoms with Crippen LogP contribution in [0.25, 0.3) is 16.8 Å². The van der Waals surface area contributed by atoms with Gasteiger partial charge in [0.15, 0.2) is 0 Å². The lowest BCUT2D eigenvalue weighted by molar-refractivity contribution is 0.185. The third-order valence-corrected chi connectivity index (χ3v) is 5.13. The van der Waals surface area contributed by atoms with Crippen molar-refractivity contribution in [2.24, 2.45) is 5.92 Å². The Morgan fingerprint density at radius 2 is 1.88 bits per heavy atom. The average molecular weight is 335 g/mol. The van der Waals surface area contributed by atoms with Gasteiger partial charge in [-0.25, -0.2) is 4.98 Å². The molecule has 1 aromatic carbocycles. The Balaban J connectivity index is 1.49. The molecule has 0 bridgehead atoms. The van der Waals surface area contributed by atoms with Gasteiger partial charge in [0.2, 0.25) is 0 Å². The summed E-state index contributed by atoms with van der Waals surface area (Å²) in [7, 11) is 0. The van der Waals surface area contributed by atoms with E-state index in [1.54, 1.807) is 12.1 Å². The molecule has 1 saturated heterocycles. The van der Waals surface area contributed by atoms with Crippen molar-refractivity contribution in [1.29, 1.82) is 0 Å². The van der Waals surface area contributed by atoms with Crippen LogP contribution in [0, 0.1) is 5.92 Å². The highest BCUT2D eigenvalue weighted by atomic mass is 16.3. The second-order valence-electron chi connectivity index (χ2n) is 7.26. The van der Waals surface area contributed by atoms with Crippen LogP contribution in [0.3, 0.4) is 0 Å². The Kier molecular flexibility index (Phi) is 4.45. The van der Waals surface area contributed by atoms with Crippen molar-refractivity contribution in [2.75, 3.05) is 19.6 Å². The molecule has 1 atom stereocenters. The van der Waals surface area contributed by atoms with Crippen LogP contribution in [0.4, 0.5) is 0 Å². The molecule has 0 aliphatic carbocycles. The summed E-state index contributed by atoms with van der Waals surface area (Å²) in [5.74, 6) is 1.12. The second-order valence-corrected chi connectivity index (χ2v) is 7.26. The number of imidazole rings is 1. The molecule has 0 radical (unpaired) electrons. The number of nitrogens with zero attached hydrogens (tertiary/aromatic N) is 3. The summed E-state index contributed by atoms with van der Waals surface area (Å²) in [5.41, 5.74) is 4.36. The molecule has 2 aromatic heterocycles. The van der Waals surface area contributed by atoms with Crippen molar-refractivity contribution in [3.8, 4) is 16.9 Å². The number of phenolic OH excluding ortho intramolecular Hbond substituents is 1. The van der Waals surface area contributed by atoms with Crippen molar-refractivity contribution in [3.05, 3.63) is 54.5 Å². The van der Waals surface area contributed by atoms with Crippen LogP contribution in [-0.4, -0.2) is 39.0 Å². The number of aromatic hydroxyl groups is 1. The Morgan fingerprint density at radius 3 is 2.68 bits per heavy atom. The molecule has 1 aliphatic rings. The molecule has 0 amide bonds. The Morgan fingerprint density at radius 1 is 1.08 bits per heavy atom. The average Bonchev–Trinajstić information content (AvgIpc) is 3.03. The molecular weight excluding hydrogens is 310 g/mol. The van der Waals surface area contributed by atoms with E-state index < -0.39 is 0 Å². The minimum absolute atomic E-state index is 0.293. The number of pyridine rings is 1. The van der Waals surface area contributed by atoms with E-state index >= 15 is 0 Å². The maximum absolute atomic E-state index is 9.44. The summed E-state index contributed by atoms with van der Waals surface area (Å²) >= 11 is 0. The molecule has 4 rings (SSSR count). The summed E-state index contributed by atoms with van der Waals surface area (Å²) in [5, 5.41) is 9.44. The van der Waals surface area contributed by atoms with E-state index in [-0.39, 0.29) is 0 Å². The molecule has 1 aliphatic heterocycles. The number of piperidine rings is 1. The van der Waals surface area contributed by atoms with Crippen LogP contribution in [0.15, 0.2) is 48.8 Å². The number of likely N-dealkylation sites (tertiary alicyclic amines) is 1. The molecular formula is C21H25N3O. The van der Waals surface area contributed by atoms with E-state index in [2.05, 4.69) is 40.8 Å². The van der Waals surface area contributed by atoms with Gasteiger partial charge in [-0.1, -0.05) is 19.1 Å². The van der Waals surface area contributed by atoms with Gasteiger partial charge in [-0.3, -0.25) is 0 Å². The quantitative estimate of drug-likeness (QED) is 0.784. The first kappa shape index (κ1) is 16.2. The summed E-state index contributed by atoms with van der Waals surface area (Å²) in [6.45, 7) is 5.89. The van der Waals surface area contributed by atoms with Gasteiger partial charge in [-0.15, -0.1) is 0 Å². The van der Waals surface area contributed by atoms with E-state index in [1.165, 1.54) is 25.9 Å². The Bertz CT molecular complexity index is 853. The van der Waals surface area contributed by atoms with Gasteiger partial charge in [-0.05, 0) is 60.7 Å². The highest BCUT2D eigenvalue weighted by Crippen LogP contribution is 2.23. The molecule has 3 heterocycles. The molecule has 0 saturated carbocycles. The van der Waals surface area contributed by atoms with Crippen molar-refractivity contribution in [2.45, 2.75) is 26.2 Å². The predicted molar refractivity (Wildman–Crippen MR) is 101 cm³/mol. The third kappa shape index (κ3) is 3.69. The number of hydrogen-bond acceptors (Lipinski definition) is 3. The second kappa shape index (κ2) is 6.89. The summed E-state index contributed by atoms with van der Waals surface area (Å²) < 4.78 is 2.11. The highest BCUT2D eigenvalue weighted by molar-refractivity contribution is 5.65. The molecule has 25 heavy (non-hydrogen) atoms. The zero-order valence-corrected chi connectivity index (χ0v) is 14.7. The fourth-order valence-electron chi connectivity index (χ4n) is 3.75. The predicted octanol–water partition coefficient (Wildman–Crippen LogP) is 3.98. The van der Waals surface area contributed by atoms with E-state index in [4.69, 9.17) is 4.98 Å². The maximum atomic E-state index is 9.44. The van der Waals surface area contributed by atoms with Crippen LogP contribution in [0.5, 0.6) is 5.75 Å². The number of benzene rings is 1. The van der Waals surface area contributed by atoms with Gasteiger partial charge in [0.25, 0.3) is 0 Å². The minimum Gasteiger partial charge on any atom is -0.508 e. The van der Waals surface area contributed by atoms with Crippen molar-refractivity contribution in [3.63, 3.8) is 0 Å². The fourth-order valence-corrected chi connectivity index (χ4v) is 3.75. The smallest absolute Gasteiger partial charge is 0.137 e. The van der Waals surface area contributed by atoms with Crippen molar-refractivity contribution in [1.82, 2.24) is 14.3 Å². The molecule has 4 nitrogen and oxygen atoms in total. The normalized spacial score (nSPS) is 18.7. The van der Waals surface area contributed by atoms with E-state index in [1.807, 2.05) is 12.1 Å². The molecule has 1 N–H and O–H groups in total. The first-order chi connectivity index (χ1) is 12.2. The topological polar surface area (TPSA) is 40.8 Å². The van der Waals surface area contributed by atoms with E-state index in [9.17, 15) is 5.11 Å². The van der Waals surface area contributed by atoms with Crippen LogP contribution in [-0.2, 0) is 6.42 Å². The number of hydrogen-bond donors (Lipinski definition) is 1. The summed E-state index contributed by atoms with van der Waals surface area (Å²) in [6, 6.07) is 11.5. The molecule has 1 unspecified atom stereocenters. The summed E-state index contributed by atoms with van der Waals surface area (Å²) in [6.07, 6.45) is 7.95. The Labute approximate surface area is 148 Å². The SMILES string of the molecule is CC1CCCN(CCc2cn3cc(-c4ccc(O)cc4)ccc3n2)C1. The number of fused-ring (bicyclic) bond motifs is 1.